The predicted octanol–water partition coefficient (Wildman–Crippen LogP) is 3.01. The van der Waals surface area contributed by atoms with Crippen molar-refractivity contribution < 1.29 is 14.3 Å². The topological polar surface area (TPSA) is 105 Å². The summed E-state index contributed by atoms with van der Waals surface area (Å²) in [5, 5.41) is 16.8. The highest BCUT2D eigenvalue weighted by atomic mass is 32.2. The number of methoxy groups -OCH3 is 1. The van der Waals surface area contributed by atoms with E-state index in [9.17, 15) is 9.59 Å². The molecule has 1 aromatic carbocycles. The molecular formula is C16H21N5O3S2. The molecule has 3 amide bonds. The van der Waals surface area contributed by atoms with Gasteiger partial charge in [0.15, 0.2) is 4.34 Å². The number of hydrogen-bond donors (Lipinski definition) is 3. The van der Waals surface area contributed by atoms with Crippen LogP contribution in [0, 0.1) is 0 Å². The smallest absolute Gasteiger partial charge is 0.321 e. The van der Waals surface area contributed by atoms with Crippen molar-refractivity contribution in [1.82, 2.24) is 20.8 Å². The summed E-state index contributed by atoms with van der Waals surface area (Å²) >= 11 is 2.53. The van der Waals surface area contributed by atoms with Crippen LogP contribution in [0.25, 0.3) is 0 Å². The Bertz CT molecular complexity index is 753. The van der Waals surface area contributed by atoms with E-state index in [0.29, 0.717) is 15.2 Å². The molecule has 1 heterocycles. The molecule has 0 aliphatic heterocycles. The van der Waals surface area contributed by atoms with Crippen molar-refractivity contribution in [3.63, 3.8) is 0 Å². The van der Waals surface area contributed by atoms with E-state index in [1.54, 1.807) is 7.11 Å². The Labute approximate surface area is 160 Å². The zero-order chi connectivity index (χ0) is 18.9. The third-order valence-corrected chi connectivity index (χ3v) is 5.30. The van der Waals surface area contributed by atoms with Crippen LogP contribution in [-0.2, 0) is 4.79 Å². The van der Waals surface area contributed by atoms with Crippen LogP contribution in [-0.4, -0.2) is 41.0 Å². The zero-order valence-electron chi connectivity index (χ0n) is 14.7. The SMILES string of the molecule is CC[C@@H](C)NC(=O)NC(=O)CSc1nnc(Nc2ccccc2OC)s1. The van der Waals surface area contributed by atoms with E-state index in [2.05, 4.69) is 26.1 Å². The van der Waals surface area contributed by atoms with E-state index in [1.165, 1.54) is 23.1 Å². The van der Waals surface area contributed by atoms with Crippen LogP contribution in [0.5, 0.6) is 5.75 Å². The number of benzene rings is 1. The van der Waals surface area contributed by atoms with Gasteiger partial charge in [-0.15, -0.1) is 10.2 Å². The molecule has 0 aliphatic rings. The second-order valence-corrected chi connectivity index (χ2v) is 7.52. The first-order chi connectivity index (χ1) is 12.5. The van der Waals surface area contributed by atoms with E-state index in [-0.39, 0.29) is 17.7 Å². The molecular weight excluding hydrogens is 374 g/mol. The molecule has 0 spiro atoms. The molecule has 0 saturated carbocycles. The number of urea groups is 1. The molecule has 26 heavy (non-hydrogen) atoms. The van der Waals surface area contributed by atoms with E-state index >= 15 is 0 Å². The van der Waals surface area contributed by atoms with E-state index < -0.39 is 6.03 Å². The van der Waals surface area contributed by atoms with E-state index in [0.717, 1.165) is 12.1 Å². The van der Waals surface area contributed by atoms with Crippen LogP contribution < -0.4 is 20.7 Å². The van der Waals surface area contributed by atoms with Crippen molar-refractivity contribution in [3.8, 4) is 5.75 Å². The van der Waals surface area contributed by atoms with Gasteiger partial charge < -0.3 is 15.4 Å². The quantitative estimate of drug-likeness (QED) is 0.590. The van der Waals surface area contributed by atoms with Gasteiger partial charge in [0.05, 0.1) is 18.6 Å². The molecule has 0 unspecified atom stereocenters. The number of rotatable bonds is 8. The van der Waals surface area contributed by atoms with E-state index in [1.807, 2.05) is 38.1 Å². The average molecular weight is 396 g/mol. The van der Waals surface area contributed by atoms with Crippen LogP contribution in [0.1, 0.15) is 20.3 Å². The fourth-order valence-electron chi connectivity index (χ4n) is 1.83. The molecule has 10 heteroatoms. The lowest BCUT2D eigenvalue weighted by atomic mass is 10.3. The second kappa shape index (κ2) is 9.97. The minimum Gasteiger partial charge on any atom is -0.495 e. The van der Waals surface area contributed by atoms with Gasteiger partial charge in [-0.3, -0.25) is 10.1 Å². The van der Waals surface area contributed by atoms with Crippen LogP contribution in [0.2, 0.25) is 0 Å². The molecule has 2 aromatic rings. The lowest BCUT2D eigenvalue weighted by Crippen LogP contribution is -2.43. The molecule has 140 valence electrons. The maximum atomic E-state index is 11.8. The Morgan fingerprint density at radius 1 is 1.31 bits per heavy atom. The highest BCUT2D eigenvalue weighted by Crippen LogP contribution is 2.31. The third-order valence-electron chi connectivity index (χ3n) is 3.32. The number of thioether (sulfide) groups is 1. The Balaban J connectivity index is 1.83. The summed E-state index contributed by atoms with van der Waals surface area (Å²) in [5.74, 6) is 0.394. The molecule has 1 atom stereocenters. The first kappa shape index (κ1) is 20.0. The standard InChI is InChI=1S/C16H21N5O3S2/c1-4-10(2)17-14(23)19-13(22)9-25-16-21-20-15(26-16)18-11-7-5-6-8-12(11)24-3/h5-8,10H,4,9H2,1-3H3,(H,18,20)(H2,17,19,22,23)/t10-/m1/s1. The van der Waals surface area contributed by atoms with Crippen molar-refractivity contribution in [2.24, 2.45) is 0 Å². The summed E-state index contributed by atoms with van der Waals surface area (Å²) < 4.78 is 5.90. The monoisotopic (exact) mass is 395 g/mol. The first-order valence-electron chi connectivity index (χ1n) is 7.98. The maximum absolute atomic E-state index is 11.8. The number of carbonyl (C=O) groups excluding carboxylic acids is 2. The molecule has 3 N–H and O–H groups in total. The van der Waals surface area contributed by atoms with Crippen molar-refractivity contribution in [3.05, 3.63) is 24.3 Å². The Hall–Kier alpha value is -2.33. The molecule has 1 aromatic heterocycles. The number of para-hydroxylation sites is 2. The number of ether oxygens (including phenoxy) is 1. The lowest BCUT2D eigenvalue weighted by molar-refractivity contribution is -0.117. The van der Waals surface area contributed by atoms with Gasteiger partial charge in [-0.2, -0.15) is 0 Å². The predicted molar refractivity (Wildman–Crippen MR) is 103 cm³/mol. The van der Waals surface area contributed by atoms with E-state index in [4.69, 9.17) is 4.74 Å². The Morgan fingerprint density at radius 3 is 2.81 bits per heavy atom. The zero-order valence-corrected chi connectivity index (χ0v) is 16.4. The van der Waals surface area contributed by atoms with Gasteiger partial charge >= 0.3 is 6.03 Å². The molecule has 8 nitrogen and oxygen atoms in total. The number of carbonyl (C=O) groups is 2. The minimum atomic E-state index is -0.485. The lowest BCUT2D eigenvalue weighted by Gasteiger charge is -2.11. The fraction of sp³-hybridized carbons (Fsp3) is 0.375. The molecule has 0 fully saturated rings. The van der Waals surface area contributed by atoms with Gasteiger partial charge in [-0.1, -0.05) is 42.2 Å². The number of amides is 3. The number of anilines is 2. The van der Waals surface area contributed by atoms with Gasteiger partial charge in [-0.05, 0) is 25.5 Å². The van der Waals surface area contributed by atoms with Crippen molar-refractivity contribution in [1.29, 1.82) is 0 Å². The van der Waals surface area contributed by atoms with Gasteiger partial charge in [0.2, 0.25) is 11.0 Å². The summed E-state index contributed by atoms with van der Waals surface area (Å²) in [6.07, 6.45) is 0.795. The Kier molecular flexibility index (Phi) is 7.67. The summed E-state index contributed by atoms with van der Waals surface area (Å²) in [4.78, 5) is 23.4. The molecule has 0 aliphatic carbocycles. The molecule has 2 rings (SSSR count). The highest BCUT2D eigenvalue weighted by molar-refractivity contribution is 8.01. The average Bonchev–Trinajstić information content (AvgIpc) is 3.07. The van der Waals surface area contributed by atoms with Crippen LogP contribution in [0.15, 0.2) is 28.6 Å². The number of nitrogens with zero attached hydrogens (tertiary/aromatic N) is 2. The number of nitrogens with one attached hydrogen (secondary N) is 3. The van der Waals surface area contributed by atoms with Crippen LogP contribution in [0.4, 0.5) is 15.6 Å². The maximum Gasteiger partial charge on any atom is 0.321 e. The highest BCUT2D eigenvalue weighted by Gasteiger charge is 2.13. The van der Waals surface area contributed by atoms with Gasteiger partial charge in [-0.25, -0.2) is 4.79 Å². The normalized spacial score (nSPS) is 11.5. The van der Waals surface area contributed by atoms with Gasteiger partial charge in [0.1, 0.15) is 5.75 Å². The second-order valence-electron chi connectivity index (χ2n) is 5.32. The number of hydrogen-bond acceptors (Lipinski definition) is 8. The fourth-order valence-corrected chi connectivity index (χ4v) is 3.40. The summed E-state index contributed by atoms with van der Waals surface area (Å²) in [6.45, 7) is 3.82. The molecule has 0 saturated heterocycles. The Morgan fingerprint density at radius 2 is 2.08 bits per heavy atom. The van der Waals surface area contributed by atoms with Crippen molar-refractivity contribution in [2.45, 2.75) is 30.6 Å². The largest absolute Gasteiger partial charge is 0.495 e. The van der Waals surface area contributed by atoms with Crippen molar-refractivity contribution in [2.75, 3.05) is 18.2 Å². The van der Waals surface area contributed by atoms with Gasteiger partial charge in [0, 0.05) is 6.04 Å². The molecule has 0 radical (unpaired) electrons. The van der Waals surface area contributed by atoms with Crippen LogP contribution >= 0.6 is 23.1 Å². The first-order valence-corrected chi connectivity index (χ1v) is 9.78. The summed E-state index contributed by atoms with van der Waals surface area (Å²) in [6, 6.07) is 7.00. The summed E-state index contributed by atoms with van der Waals surface area (Å²) in [5.41, 5.74) is 0.780. The van der Waals surface area contributed by atoms with Crippen molar-refractivity contribution >= 4 is 45.9 Å². The van der Waals surface area contributed by atoms with Gasteiger partial charge in [0.25, 0.3) is 0 Å². The number of imide groups is 1. The minimum absolute atomic E-state index is 0.0160. The number of aromatic nitrogens is 2. The molecule has 0 bridgehead atoms. The summed E-state index contributed by atoms with van der Waals surface area (Å²) in [7, 11) is 1.60. The third kappa shape index (κ3) is 6.19. The van der Waals surface area contributed by atoms with Crippen LogP contribution in [0.3, 0.4) is 0 Å².